The van der Waals surface area contributed by atoms with Crippen molar-refractivity contribution in [2.45, 2.75) is 38.2 Å². The zero-order chi connectivity index (χ0) is 9.97. The quantitative estimate of drug-likeness (QED) is 0.648. The summed E-state index contributed by atoms with van der Waals surface area (Å²) in [6, 6.07) is 0. The topological polar surface area (TPSA) is 35.5 Å². The summed E-state index contributed by atoms with van der Waals surface area (Å²) in [5.41, 5.74) is 0. The third-order valence-electron chi connectivity index (χ3n) is 3.29. The molecule has 2 aliphatic rings. The van der Waals surface area contributed by atoms with Gasteiger partial charge >= 0.3 is 0 Å². The first-order valence-electron chi connectivity index (χ1n) is 5.46. The van der Waals surface area contributed by atoms with Gasteiger partial charge in [0.05, 0.1) is 6.10 Å². The fourth-order valence-corrected chi connectivity index (χ4v) is 2.40. The lowest BCUT2D eigenvalue weighted by atomic mass is 9.98. The van der Waals surface area contributed by atoms with E-state index in [-0.39, 0.29) is 6.10 Å². The molecule has 80 valence electrons. The highest BCUT2D eigenvalue weighted by atomic mass is 16.7. The molecule has 0 saturated heterocycles. The van der Waals surface area contributed by atoms with Gasteiger partial charge in [0, 0.05) is 19.4 Å². The van der Waals surface area contributed by atoms with E-state index in [0.717, 1.165) is 32.1 Å². The summed E-state index contributed by atoms with van der Waals surface area (Å²) in [7, 11) is 1.64. The number of carbonyl (C=O) groups excluding carboxylic acids is 1. The first kappa shape index (κ1) is 10.1. The van der Waals surface area contributed by atoms with Gasteiger partial charge in [-0.1, -0.05) is 6.42 Å². The molecule has 0 aromatic carbocycles. The summed E-state index contributed by atoms with van der Waals surface area (Å²) in [6.45, 7) is 0.363. The molecular weight excluding hydrogens is 180 g/mol. The Hall–Kier alpha value is -0.410. The van der Waals surface area contributed by atoms with Crippen LogP contribution in [0.3, 0.4) is 0 Å². The molecule has 3 heteroatoms. The number of hydrogen-bond acceptors (Lipinski definition) is 3. The zero-order valence-electron chi connectivity index (χ0n) is 8.70. The van der Waals surface area contributed by atoms with E-state index in [1.807, 2.05) is 0 Å². The Balaban J connectivity index is 1.87. The minimum atomic E-state index is 0.268. The van der Waals surface area contributed by atoms with Crippen LogP contribution in [0.15, 0.2) is 0 Å². The molecule has 0 amide bonds. The van der Waals surface area contributed by atoms with Crippen molar-refractivity contribution in [1.82, 2.24) is 0 Å². The molecule has 3 atom stereocenters. The van der Waals surface area contributed by atoms with Gasteiger partial charge in [-0.05, 0) is 25.2 Å². The number of rotatable bonds is 3. The second-order valence-electron chi connectivity index (χ2n) is 4.33. The zero-order valence-corrected chi connectivity index (χ0v) is 8.70. The van der Waals surface area contributed by atoms with E-state index in [1.54, 1.807) is 7.11 Å². The van der Waals surface area contributed by atoms with Gasteiger partial charge in [-0.25, -0.2) is 0 Å². The first-order valence-corrected chi connectivity index (χ1v) is 5.46. The lowest BCUT2D eigenvalue weighted by Gasteiger charge is -2.19. The molecule has 2 saturated carbocycles. The minimum absolute atomic E-state index is 0.268. The molecule has 0 aliphatic heterocycles. The molecule has 0 bridgehead atoms. The molecule has 2 fully saturated rings. The molecule has 0 spiro atoms. The predicted molar refractivity (Wildman–Crippen MR) is 51.8 cm³/mol. The second kappa shape index (κ2) is 4.41. The monoisotopic (exact) mass is 198 g/mol. The van der Waals surface area contributed by atoms with Crippen LogP contribution < -0.4 is 0 Å². The van der Waals surface area contributed by atoms with Gasteiger partial charge in [0.2, 0.25) is 0 Å². The smallest absolute Gasteiger partial charge is 0.146 e. The molecule has 0 radical (unpaired) electrons. The molecule has 0 aromatic heterocycles. The molecule has 0 N–H and O–H groups in total. The van der Waals surface area contributed by atoms with Gasteiger partial charge in [0.25, 0.3) is 0 Å². The largest absolute Gasteiger partial charge is 0.359 e. The summed E-state index contributed by atoms with van der Waals surface area (Å²) in [4.78, 5) is 11.5. The number of methoxy groups -OCH3 is 1. The third kappa shape index (κ3) is 2.15. The maximum atomic E-state index is 11.5. The summed E-state index contributed by atoms with van der Waals surface area (Å²) in [6.07, 6.45) is 5.35. The predicted octanol–water partition coefficient (Wildman–Crippen LogP) is 1.75. The number of fused-ring (bicyclic) bond motifs is 1. The Morgan fingerprint density at radius 2 is 2.29 bits per heavy atom. The van der Waals surface area contributed by atoms with Gasteiger partial charge in [-0.3, -0.25) is 4.79 Å². The van der Waals surface area contributed by atoms with Crippen LogP contribution in [-0.2, 0) is 14.3 Å². The van der Waals surface area contributed by atoms with E-state index in [9.17, 15) is 4.79 Å². The Morgan fingerprint density at radius 1 is 1.43 bits per heavy atom. The van der Waals surface area contributed by atoms with E-state index in [2.05, 4.69) is 0 Å². The van der Waals surface area contributed by atoms with E-state index in [0.29, 0.717) is 24.4 Å². The van der Waals surface area contributed by atoms with Gasteiger partial charge in [-0.2, -0.15) is 0 Å². The number of carbonyl (C=O) groups is 1. The first-order chi connectivity index (χ1) is 6.83. The second-order valence-corrected chi connectivity index (χ2v) is 4.33. The molecule has 0 aromatic rings. The van der Waals surface area contributed by atoms with Crippen LogP contribution >= 0.6 is 0 Å². The van der Waals surface area contributed by atoms with Crippen LogP contribution in [0.25, 0.3) is 0 Å². The van der Waals surface area contributed by atoms with Crippen molar-refractivity contribution >= 4 is 5.78 Å². The third-order valence-corrected chi connectivity index (χ3v) is 3.29. The minimum Gasteiger partial charge on any atom is -0.359 e. The maximum absolute atomic E-state index is 11.5. The van der Waals surface area contributed by atoms with Crippen molar-refractivity contribution < 1.29 is 14.3 Å². The van der Waals surface area contributed by atoms with Crippen LogP contribution in [-0.4, -0.2) is 25.8 Å². The molecule has 2 aliphatic carbocycles. The Labute approximate surface area is 84.8 Å². The Bertz CT molecular complexity index is 213. The van der Waals surface area contributed by atoms with Crippen molar-refractivity contribution in [3.05, 3.63) is 0 Å². The number of hydrogen-bond donors (Lipinski definition) is 0. The van der Waals surface area contributed by atoms with Crippen LogP contribution in [0.4, 0.5) is 0 Å². The normalized spacial score (nSPS) is 37.2. The van der Waals surface area contributed by atoms with Crippen molar-refractivity contribution in [1.29, 1.82) is 0 Å². The average molecular weight is 198 g/mol. The molecule has 3 nitrogen and oxygen atoms in total. The SMILES string of the molecule is COCOC1CCCCC(=O)[C@H]2C[C@H]12. The van der Waals surface area contributed by atoms with E-state index in [1.165, 1.54) is 0 Å². The van der Waals surface area contributed by atoms with Gasteiger partial charge in [-0.15, -0.1) is 0 Å². The summed E-state index contributed by atoms with van der Waals surface area (Å²) in [5.74, 6) is 1.27. The van der Waals surface area contributed by atoms with Gasteiger partial charge in [0.1, 0.15) is 12.6 Å². The molecule has 2 rings (SSSR count). The lowest BCUT2D eigenvalue weighted by Crippen LogP contribution is -2.21. The standard InChI is InChI=1S/C11H18O3/c1-13-7-14-11-5-3-2-4-10(12)8-6-9(8)11/h8-9,11H,2-7H2,1H3/t8-,9-,11?/m0/s1. The van der Waals surface area contributed by atoms with E-state index >= 15 is 0 Å². The highest BCUT2D eigenvalue weighted by molar-refractivity contribution is 5.83. The highest BCUT2D eigenvalue weighted by Gasteiger charge is 2.48. The van der Waals surface area contributed by atoms with Crippen LogP contribution in [0, 0.1) is 11.8 Å². The van der Waals surface area contributed by atoms with Crippen LogP contribution in [0.5, 0.6) is 0 Å². The number of ketones is 1. The fourth-order valence-electron chi connectivity index (χ4n) is 2.40. The summed E-state index contributed by atoms with van der Waals surface area (Å²) < 4.78 is 10.5. The lowest BCUT2D eigenvalue weighted by molar-refractivity contribution is -0.123. The van der Waals surface area contributed by atoms with Crippen molar-refractivity contribution in [2.24, 2.45) is 11.8 Å². The van der Waals surface area contributed by atoms with Crippen molar-refractivity contribution in [2.75, 3.05) is 13.9 Å². The highest BCUT2D eigenvalue weighted by Crippen LogP contribution is 2.46. The number of Topliss-reactive ketones (excluding diaryl/α,β-unsaturated/α-hetero) is 1. The van der Waals surface area contributed by atoms with Gasteiger partial charge in [0.15, 0.2) is 0 Å². The molecule has 1 unspecified atom stereocenters. The number of ether oxygens (including phenoxy) is 2. The van der Waals surface area contributed by atoms with E-state index < -0.39 is 0 Å². The Kier molecular flexibility index (Phi) is 3.19. The van der Waals surface area contributed by atoms with Crippen LogP contribution in [0.1, 0.15) is 32.1 Å². The van der Waals surface area contributed by atoms with Crippen LogP contribution in [0.2, 0.25) is 0 Å². The molecule has 14 heavy (non-hydrogen) atoms. The molecular formula is C11H18O3. The van der Waals surface area contributed by atoms with Crippen molar-refractivity contribution in [3.63, 3.8) is 0 Å². The average Bonchev–Trinajstić information content (AvgIpc) is 2.93. The molecule has 0 heterocycles. The maximum Gasteiger partial charge on any atom is 0.146 e. The summed E-state index contributed by atoms with van der Waals surface area (Å²) >= 11 is 0. The van der Waals surface area contributed by atoms with Gasteiger partial charge < -0.3 is 9.47 Å². The van der Waals surface area contributed by atoms with E-state index in [4.69, 9.17) is 9.47 Å². The van der Waals surface area contributed by atoms with Crippen molar-refractivity contribution in [3.8, 4) is 0 Å². The summed E-state index contributed by atoms with van der Waals surface area (Å²) in [5, 5.41) is 0. The Morgan fingerprint density at radius 3 is 3.07 bits per heavy atom. The fraction of sp³-hybridized carbons (Fsp3) is 0.909.